The minimum Gasteiger partial charge on any atom is -0.465 e. The van der Waals surface area contributed by atoms with Gasteiger partial charge in [-0.1, -0.05) is 12.8 Å². The lowest BCUT2D eigenvalue weighted by Crippen LogP contribution is -2.44. The number of carboxylic acid groups (broad SMARTS) is 1. The average Bonchev–Trinajstić information content (AvgIpc) is 2.35. The molecule has 0 atom stereocenters. The molecule has 8 heteroatoms. The fraction of sp³-hybridized carbons (Fsp3) is 0.700. The third-order valence-electron chi connectivity index (χ3n) is 2.68. The van der Waals surface area contributed by atoms with Crippen LogP contribution in [-0.4, -0.2) is 70.9 Å². The quantitative estimate of drug-likeness (QED) is 0.447. The standard InChI is InChI=1S/C10H18N4O3S/c1-12(2)7-11-9(15)14(18)8-3-5-13(6-4-8)10(16)17/h7-8,18H,3-6H2,1-2H3,(H,16,17). The molecule has 0 aromatic carbocycles. The lowest BCUT2D eigenvalue weighted by molar-refractivity contribution is 0.123. The maximum Gasteiger partial charge on any atom is 0.407 e. The van der Waals surface area contributed by atoms with E-state index in [0.717, 1.165) is 0 Å². The molecule has 1 aliphatic heterocycles. The van der Waals surface area contributed by atoms with Gasteiger partial charge in [0.1, 0.15) is 0 Å². The second-order valence-corrected chi connectivity index (χ2v) is 4.77. The Bertz CT molecular complexity index is 340. The highest BCUT2D eigenvalue weighted by Gasteiger charge is 2.27. The fourth-order valence-electron chi connectivity index (χ4n) is 1.68. The van der Waals surface area contributed by atoms with Crippen molar-refractivity contribution in [1.29, 1.82) is 0 Å². The van der Waals surface area contributed by atoms with Crippen LogP contribution in [0.5, 0.6) is 0 Å². The van der Waals surface area contributed by atoms with Crippen molar-refractivity contribution in [3.8, 4) is 0 Å². The Morgan fingerprint density at radius 2 is 1.94 bits per heavy atom. The normalized spacial score (nSPS) is 16.9. The summed E-state index contributed by atoms with van der Waals surface area (Å²) in [4.78, 5) is 29.1. The van der Waals surface area contributed by atoms with Crippen LogP contribution in [-0.2, 0) is 0 Å². The van der Waals surface area contributed by atoms with E-state index < -0.39 is 12.1 Å². The maximum atomic E-state index is 11.7. The summed E-state index contributed by atoms with van der Waals surface area (Å²) >= 11 is 4.14. The summed E-state index contributed by atoms with van der Waals surface area (Å²) in [6.07, 6.45) is 1.66. The van der Waals surface area contributed by atoms with E-state index in [1.807, 2.05) is 0 Å². The van der Waals surface area contributed by atoms with E-state index in [1.165, 1.54) is 15.5 Å². The summed E-state index contributed by atoms with van der Waals surface area (Å²) in [5.74, 6) is 0. The van der Waals surface area contributed by atoms with Crippen LogP contribution in [0.25, 0.3) is 0 Å². The smallest absolute Gasteiger partial charge is 0.407 e. The van der Waals surface area contributed by atoms with E-state index in [4.69, 9.17) is 5.11 Å². The van der Waals surface area contributed by atoms with E-state index >= 15 is 0 Å². The number of aliphatic imine (C=N–C) groups is 1. The molecule has 0 bridgehead atoms. The van der Waals surface area contributed by atoms with E-state index in [2.05, 4.69) is 17.8 Å². The van der Waals surface area contributed by atoms with Gasteiger partial charge in [-0.15, -0.1) is 0 Å². The van der Waals surface area contributed by atoms with Gasteiger partial charge < -0.3 is 14.9 Å². The lowest BCUT2D eigenvalue weighted by Gasteiger charge is -2.33. The van der Waals surface area contributed by atoms with Crippen molar-refractivity contribution >= 4 is 31.3 Å². The van der Waals surface area contributed by atoms with Crippen molar-refractivity contribution in [1.82, 2.24) is 14.1 Å². The van der Waals surface area contributed by atoms with Gasteiger partial charge in [0.15, 0.2) is 0 Å². The highest BCUT2D eigenvalue weighted by atomic mass is 32.1. The van der Waals surface area contributed by atoms with Gasteiger partial charge >= 0.3 is 12.1 Å². The molecule has 0 saturated carbocycles. The van der Waals surface area contributed by atoms with Crippen LogP contribution < -0.4 is 0 Å². The Hall–Kier alpha value is -1.44. The Morgan fingerprint density at radius 3 is 2.39 bits per heavy atom. The van der Waals surface area contributed by atoms with Gasteiger partial charge in [-0.25, -0.2) is 9.59 Å². The molecule has 7 nitrogen and oxygen atoms in total. The zero-order chi connectivity index (χ0) is 13.7. The van der Waals surface area contributed by atoms with Crippen LogP contribution in [0, 0.1) is 0 Å². The molecule has 0 radical (unpaired) electrons. The summed E-state index contributed by atoms with van der Waals surface area (Å²) in [7, 11) is 3.54. The summed E-state index contributed by atoms with van der Waals surface area (Å²) < 4.78 is 1.28. The minimum absolute atomic E-state index is 0.0734. The average molecular weight is 274 g/mol. The number of amides is 3. The van der Waals surface area contributed by atoms with Crippen molar-refractivity contribution in [3.05, 3.63) is 0 Å². The molecule has 102 valence electrons. The van der Waals surface area contributed by atoms with Crippen LogP contribution in [0.1, 0.15) is 12.8 Å². The summed E-state index contributed by atoms with van der Waals surface area (Å²) in [6, 6.07) is -0.503. The SMILES string of the molecule is CN(C)C=NC(=O)N(S)C1CCN(C(=O)O)CC1. The van der Waals surface area contributed by atoms with Gasteiger partial charge in [0, 0.05) is 33.2 Å². The molecule has 0 aromatic heterocycles. The van der Waals surface area contributed by atoms with Crippen molar-refractivity contribution in [2.24, 2.45) is 4.99 Å². The number of piperidine rings is 1. The number of hydrogen-bond donors (Lipinski definition) is 2. The highest BCUT2D eigenvalue weighted by molar-refractivity contribution is 7.78. The van der Waals surface area contributed by atoms with Crippen molar-refractivity contribution in [3.63, 3.8) is 0 Å². The molecule has 1 N–H and O–H groups in total. The molecule has 0 aromatic rings. The first-order valence-corrected chi connectivity index (χ1v) is 6.02. The van der Waals surface area contributed by atoms with Crippen LogP contribution in [0.3, 0.4) is 0 Å². The molecule has 3 amide bonds. The van der Waals surface area contributed by atoms with Crippen LogP contribution in [0.15, 0.2) is 4.99 Å². The highest BCUT2D eigenvalue weighted by Crippen LogP contribution is 2.19. The third kappa shape index (κ3) is 4.10. The van der Waals surface area contributed by atoms with E-state index in [9.17, 15) is 9.59 Å². The van der Waals surface area contributed by atoms with Crippen LogP contribution in [0.2, 0.25) is 0 Å². The van der Waals surface area contributed by atoms with Gasteiger partial charge in [-0.05, 0) is 12.8 Å². The topological polar surface area (TPSA) is 76.5 Å². The fourth-order valence-corrected chi connectivity index (χ4v) is 1.96. The maximum absolute atomic E-state index is 11.7. The van der Waals surface area contributed by atoms with E-state index in [1.54, 1.807) is 19.0 Å². The molecule has 1 fully saturated rings. The number of carbonyl (C=O) groups is 2. The number of carbonyl (C=O) groups excluding carboxylic acids is 1. The monoisotopic (exact) mass is 274 g/mol. The van der Waals surface area contributed by atoms with Gasteiger partial charge in [-0.2, -0.15) is 4.99 Å². The molecular formula is C10H18N4O3S. The molecule has 18 heavy (non-hydrogen) atoms. The molecule has 1 heterocycles. The molecule has 1 saturated heterocycles. The summed E-state index contributed by atoms with van der Waals surface area (Å²) in [5.41, 5.74) is 0. The lowest BCUT2D eigenvalue weighted by atomic mass is 10.1. The second-order valence-electron chi connectivity index (χ2n) is 4.34. The third-order valence-corrected chi connectivity index (χ3v) is 3.17. The van der Waals surface area contributed by atoms with Crippen LogP contribution >= 0.6 is 12.8 Å². The Kier molecular flexibility index (Phi) is 5.26. The van der Waals surface area contributed by atoms with Gasteiger partial charge in [0.05, 0.1) is 6.34 Å². The number of rotatable bonds is 2. The number of thiol groups is 1. The second kappa shape index (κ2) is 6.48. The molecule has 0 unspecified atom stereocenters. The largest absolute Gasteiger partial charge is 0.465 e. The number of urea groups is 1. The van der Waals surface area contributed by atoms with E-state index in [-0.39, 0.29) is 6.04 Å². The van der Waals surface area contributed by atoms with E-state index in [0.29, 0.717) is 25.9 Å². The first kappa shape index (κ1) is 14.6. The first-order chi connectivity index (χ1) is 8.41. The minimum atomic E-state index is -0.920. The van der Waals surface area contributed by atoms with Crippen molar-refractivity contribution < 1.29 is 14.7 Å². The zero-order valence-electron chi connectivity index (χ0n) is 10.5. The molecule has 1 aliphatic rings. The van der Waals surface area contributed by atoms with Crippen molar-refractivity contribution in [2.45, 2.75) is 18.9 Å². The molecule has 0 spiro atoms. The van der Waals surface area contributed by atoms with Gasteiger partial charge in [0.2, 0.25) is 0 Å². The number of nitrogens with zero attached hydrogens (tertiary/aromatic N) is 4. The number of likely N-dealkylation sites (tertiary alicyclic amines) is 1. The predicted octanol–water partition coefficient (Wildman–Crippen LogP) is 0.986. The van der Waals surface area contributed by atoms with Crippen molar-refractivity contribution in [2.75, 3.05) is 27.2 Å². The number of hydrogen-bond acceptors (Lipinski definition) is 3. The Balaban J connectivity index is 2.47. The summed E-state index contributed by atoms with van der Waals surface area (Å²) in [5, 5.41) is 8.81. The predicted molar refractivity (Wildman–Crippen MR) is 71.0 cm³/mol. The Morgan fingerprint density at radius 1 is 1.39 bits per heavy atom. The first-order valence-electron chi connectivity index (χ1n) is 5.62. The van der Waals surface area contributed by atoms with Crippen LogP contribution in [0.4, 0.5) is 9.59 Å². The molecular weight excluding hydrogens is 256 g/mol. The molecule has 0 aliphatic carbocycles. The van der Waals surface area contributed by atoms with Gasteiger partial charge in [-0.3, -0.25) is 4.31 Å². The van der Waals surface area contributed by atoms with Gasteiger partial charge in [0.25, 0.3) is 0 Å². The zero-order valence-corrected chi connectivity index (χ0v) is 11.4. The summed E-state index contributed by atoms with van der Waals surface area (Å²) in [6.45, 7) is 0.837. The molecule has 1 rings (SSSR count). The Labute approximate surface area is 112 Å².